The normalized spacial score (nSPS) is 13.6. The Morgan fingerprint density at radius 2 is 2.00 bits per heavy atom. The molecule has 0 spiro atoms. The molecule has 0 saturated carbocycles. The van der Waals surface area contributed by atoms with Crippen LogP contribution in [0.15, 0.2) is 54.6 Å². The fourth-order valence-corrected chi connectivity index (χ4v) is 2.65. The molecule has 0 radical (unpaired) electrons. The molecule has 0 atom stereocenters. The number of nitrogens with zero attached hydrogens (tertiary/aromatic N) is 1. The van der Waals surface area contributed by atoms with Crippen LogP contribution in [0.25, 0.3) is 6.08 Å². The molecule has 0 amide bonds. The molecular weight excluding hydrogens is 258 g/mol. The number of ether oxygens (including phenoxy) is 1. The zero-order valence-corrected chi connectivity index (χ0v) is 12.5. The van der Waals surface area contributed by atoms with Crippen LogP contribution in [0.4, 0.5) is 0 Å². The Hall–Kier alpha value is -2.06. The lowest BCUT2D eigenvalue weighted by molar-refractivity contribution is 0.356. The predicted octanol–water partition coefficient (Wildman–Crippen LogP) is 3.77. The first-order chi connectivity index (χ1) is 10.3. The van der Waals surface area contributed by atoms with Crippen molar-refractivity contribution in [2.45, 2.75) is 13.0 Å². The molecule has 0 saturated heterocycles. The van der Waals surface area contributed by atoms with E-state index in [0.717, 1.165) is 31.9 Å². The van der Waals surface area contributed by atoms with Crippen LogP contribution in [0.5, 0.6) is 5.75 Å². The van der Waals surface area contributed by atoms with Gasteiger partial charge in [0.05, 0.1) is 6.61 Å². The largest absolute Gasteiger partial charge is 0.493 e. The average molecular weight is 279 g/mol. The Balaban J connectivity index is 1.54. The first kappa shape index (κ1) is 13.9. The van der Waals surface area contributed by atoms with Gasteiger partial charge in [-0.1, -0.05) is 54.6 Å². The van der Waals surface area contributed by atoms with Gasteiger partial charge in [0, 0.05) is 19.5 Å². The molecule has 1 aliphatic heterocycles. The number of fused-ring (bicyclic) bond motifs is 1. The lowest BCUT2D eigenvalue weighted by Gasteiger charge is -2.15. The number of rotatable bonds is 5. The maximum Gasteiger partial charge on any atom is 0.122 e. The van der Waals surface area contributed by atoms with E-state index in [1.807, 2.05) is 6.07 Å². The summed E-state index contributed by atoms with van der Waals surface area (Å²) in [5, 5.41) is 0. The first-order valence-corrected chi connectivity index (χ1v) is 7.46. The van der Waals surface area contributed by atoms with Crippen LogP contribution in [-0.4, -0.2) is 25.1 Å². The van der Waals surface area contributed by atoms with Crippen molar-refractivity contribution in [3.05, 3.63) is 71.3 Å². The molecule has 1 aliphatic rings. The van der Waals surface area contributed by atoms with Gasteiger partial charge >= 0.3 is 0 Å². The van der Waals surface area contributed by atoms with Crippen LogP contribution in [0, 0.1) is 0 Å². The molecule has 21 heavy (non-hydrogen) atoms. The van der Waals surface area contributed by atoms with Gasteiger partial charge in [-0.15, -0.1) is 0 Å². The quantitative estimate of drug-likeness (QED) is 0.826. The zero-order chi connectivity index (χ0) is 14.5. The highest BCUT2D eigenvalue weighted by Crippen LogP contribution is 2.26. The van der Waals surface area contributed by atoms with Gasteiger partial charge in [0.15, 0.2) is 0 Å². The highest BCUT2D eigenvalue weighted by molar-refractivity contribution is 5.48. The predicted molar refractivity (Wildman–Crippen MR) is 87.5 cm³/mol. The van der Waals surface area contributed by atoms with E-state index in [-0.39, 0.29) is 0 Å². The molecule has 0 N–H and O–H groups in total. The second kappa shape index (κ2) is 6.59. The molecule has 108 valence electrons. The fraction of sp³-hybridized carbons (Fsp3) is 0.263. The van der Waals surface area contributed by atoms with Crippen molar-refractivity contribution in [1.82, 2.24) is 4.90 Å². The van der Waals surface area contributed by atoms with Gasteiger partial charge in [-0.3, -0.25) is 4.90 Å². The van der Waals surface area contributed by atoms with Gasteiger partial charge in [0.2, 0.25) is 0 Å². The third-order valence-corrected chi connectivity index (χ3v) is 3.73. The Morgan fingerprint density at radius 1 is 1.14 bits per heavy atom. The van der Waals surface area contributed by atoms with E-state index in [9.17, 15) is 0 Å². The van der Waals surface area contributed by atoms with Gasteiger partial charge in [-0.05, 0) is 29.8 Å². The topological polar surface area (TPSA) is 12.5 Å². The summed E-state index contributed by atoms with van der Waals surface area (Å²) in [6, 6.07) is 17.0. The summed E-state index contributed by atoms with van der Waals surface area (Å²) in [6.07, 6.45) is 5.43. The Labute approximate surface area is 126 Å². The van der Waals surface area contributed by atoms with Gasteiger partial charge in [0.1, 0.15) is 5.75 Å². The molecule has 0 bridgehead atoms. The van der Waals surface area contributed by atoms with Crippen molar-refractivity contribution < 1.29 is 4.74 Å². The average Bonchev–Trinajstić information content (AvgIpc) is 2.96. The van der Waals surface area contributed by atoms with E-state index in [1.54, 1.807) is 0 Å². The molecule has 2 aromatic carbocycles. The summed E-state index contributed by atoms with van der Waals surface area (Å²) < 4.78 is 5.55. The minimum atomic E-state index is 0.828. The molecule has 2 aromatic rings. The van der Waals surface area contributed by atoms with E-state index >= 15 is 0 Å². The number of hydrogen-bond acceptors (Lipinski definition) is 2. The molecule has 3 rings (SSSR count). The van der Waals surface area contributed by atoms with Crippen LogP contribution in [0.3, 0.4) is 0 Å². The van der Waals surface area contributed by atoms with E-state index in [1.165, 1.54) is 16.7 Å². The molecule has 1 heterocycles. The van der Waals surface area contributed by atoms with E-state index in [2.05, 4.69) is 66.6 Å². The monoisotopic (exact) mass is 279 g/mol. The summed E-state index contributed by atoms with van der Waals surface area (Å²) in [6.45, 7) is 2.74. The number of likely N-dealkylation sites (N-methyl/N-ethyl adjacent to an activating group) is 1. The number of benzene rings is 2. The van der Waals surface area contributed by atoms with Gasteiger partial charge in [0.25, 0.3) is 0 Å². The number of hydrogen-bond donors (Lipinski definition) is 0. The standard InChI is InChI=1S/C19H21NO/c1-20(12-5-8-16-6-3-2-4-7-16)15-17-9-10-19-18(14-17)11-13-21-19/h2-10,14H,11-13,15H2,1H3/b8-5+. The van der Waals surface area contributed by atoms with Crippen LogP contribution >= 0.6 is 0 Å². The second-order valence-electron chi connectivity index (χ2n) is 5.55. The van der Waals surface area contributed by atoms with Crippen LogP contribution in [-0.2, 0) is 13.0 Å². The smallest absolute Gasteiger partial charge is 0.122 e. The van der Waals surface area contributed by atoms with Crippen molar-refractivity contribution in [3.8, 4) is 5.75 Å². The van der Waals surface area contributed by atoms with E-state index in [4.69, 9.17) is 4.74 Å². The SMILES string of the molecule is CN(C/C=C/c1ccccc1)Cc1ccc2c(c1)CCO2. The lowest BCUT2D eigenvalue weighted by atomic mass is 10.1. The summed E-state index contributed by atoms with van der Waals surface area (Å²) >= 11 is 0. The van der Waals surface area contributed by atoms with Crippen molar-refractivity contribution in [2.24, 2.45) is 0 Å². The van der Waals surface area contributed by atoms with Crippen LogP contribution in [0.2, 0.25) is 0 Å². The maximum absolute atomic E-state index is 5.55. The maximum atomic E-state index is 5.55. The summed E-state index contributed by atoms with van der Waals surface area (Å²) in [4.78, 5) is 2.32. The molecule has 0 aromatic heterocycles. The Kier molecular flexibility index (Phi) is 4.37. The van der Waals surface area contributed by atoms with E-state index in [0.29, 0.717) is 0 Å². The first-order valence-electron chi connectivity index (χ1n) is 7.46. The van der Waals surface area contributed by atoms with Crippen molar-refractivity contribution in [2.75, 3.05) is 20.2 Å². The minimum Gasteiger partial charge on any atom is -0.493 e. The second-order valence-corrected chi connectivity index (χ2v) is 5.55. The summed E-state index contributed by atoms with van der Waals surface area (Å²) in [5.41, 5.74) is 3.95. The lowest BCUT2D eigenvalue weighted by Crippen LogP contribution is -2.17. The van der Waals surface area contributed by atoms with Crippen molar-refractivity contribution >= 4 is 6.08 Å². The van der Waals surface area contributed by atoms with E-state index < -0.39 is 0 Å². The van der Waals surface area contributed by atoms with Crippen LogP contribution < -0.4 is 4.74 Å². The van der Waals surface area contributed by atoms with Crippen LogP contribution in [0.1, 0.15) is 16.7 Å². The highest BCUT2D eigenvalue weighted by atomic mass is 16.5. The summed E-state index contributed by atoms with van der Waals surface area (Å²) in [7, 11) is 2.15. The highest BCUT2D eigenvalue weighted by Gasteiger charge is 2.12. The zero-order valence-electron chi connectivity index (χ0n) is 12.5. The fourth-order valence-electron chi connectivity index (χ4n) is 2.65. The van der Waals surface area contributed by atoms with Gasteiger partial charge < -0.3 is 4.74 Å². The van der Waals surface area contributed by atoms with Crippen molar-refractivity contribution in [3.63, 3.8) is 0 Å². The van der Waals surface area contributed by atoms with Gasteiger partial charge in [-0.2, -0.15) is 0 Å². The molecule has 2 heteroatoms. The van der Waals surface area contributed by atoms with Crippen molar-refractivity contribution in [1.29, 1.82) is 0 Å². The molecule has 0 unspecified atom stereocenters. The molecule has 0 aliphatic carbocycles. The Morgan fingerprint density at radius 3 is 2.86 bits per heavy atom. The Bertz CT molecular complexity index is 619. The molecule has 2 nitrogen and oxygen atoms in total. The third kappa shape index (κ3) is 3.73. The molecular formula is C19H21NO. The summed E-state index contributed by atoms with van der Waals surface area (Å²) in [5.74, 6) is 1.06. The third-order valence-electron chi connectivity index (χ3n) is 3.73. The van der Waals surface area contributed by atoms with Gasteiger partial charge in [-0.25, -0.2) is 0 Å². The molecule has 0 fully saturated rings. The minimum absolute atomic E-state index is 0.828.